The van der Waals surface area contributed by atoms with E-state index in [4.69, 9.17) is 4.74 Å². The minimum Gasteiger partial charge on any atom is -0.481 e. The number of rotatable bonds is 6. The molecule has 0 amide bonds. The summed E-state index contributed by atoms with van der Waals surface area (Å²) in [5, 5.41) is 10.9. The lowest BCUT2D eigenvalue weighted by atomic mass is 10.3. The van der Waals surface area contributed by atoms with E-state index in [-0.39, 0.29) is 11.4 Å². The van der Waals surface area contributed by atoms with E-state index >= 15 is 0 Å². The SMILES string of the molecule is COc1ccc(CNS(=O)(=O)c2ccccc2[N+](=O)[O-])cn1. The van der Waals surface area contributed by atoms with Crippen LogP contribution in [0, 0.1) is 10.1 Å². The van der Waals surface area contributed by atoms with Crippen LogP contribution in [-0.2, 0) is 16.6 Å². The molecule has 8 nitrogen and oxygen atoms in total. The van der Waals surface area contributed by atoms with Gasteiger partial charge >= 0.3 is 0 Å². The third-order valence-electron chi connectivity index (χ3n) is 2.82. The summed E-state index contributed by atoms with van der Waals surface area (Å²) < 4.78 is 31.6. The van der Waals surface area contributed by atoms with Gasteiger partial charge in [-0.25, -0.2) is 18.1 Å². The minimum atomic E-state index is -4.00. The van der Waals surface area contributed by atoms with Crippen molar-refractivity contribution in [1.29, 1.82) is 0 Å². The number of para-hydroxylation sites is 1. The molecule has 0 saturated heterocycles. The second kappa shape index (κ2) is 6.50. The van der Waals surface area contributed by atoms with Gasteiger partial charge in [0.1, 0.15) is 0 Å². The molecule has 9 heteroatoms. The number of methoxy groups -OCH3 is 1. The third kappa shape index (κ3) is 3.57. The van der Waals surface area contributed by atoms with E-state index in [2.05, 4.69) is 9.71 Å². The van der Waals surface area contributed by atoms with Crippen LogP contribution in [-0.4, -0.2) is 25.4 Å². The number of aromatic nitrogens is 1. The molecule has 0 aliphatic carbocycles. The molecule has 0 radical (unpaired) electrons. The molecular weight excluding hydrogens is 310 g/mol. The van der Waals surface area contributed by atoms with Gasteiger partial charge in [0.15, 0.2) is 4.90 Å². The molecule has 116 valence electrons. The number of sulfonamides is 1. The fraction of sp³-hybridized carbons (Fsp3) is 0.154. The Balaban J connectivity index is 2.19. The Morgan fingerprint density at radius 3 is 2.59 bits per heavy atom. The molecule has 0 atom stereocenters. The third-order valence-corrected chi connectivity index (χ3v) is 4.27. The van der Waals surface area contributed by atoms with Crippen LogP contribution >= 0.6 is 0 Å². The Morgan fingerprint density at radius 1 is 1.27 bits per heavy atom. The first-order chi connectivity index (χ1) is 10.4. The Bertz CT molecular complexity index is 775. The maximum absolute atomic E-state index is 12.2. The van der Waals surface area contributed by atoms with Crippen molar-refractivity contribution in [1.82, 2.24) is 9.71 Å². The van der Waals surface area contributed by atoms with E-state index in [1.54, 1.807) is 12.1 Å². The molecule has 1 aromatic carbocycles. The van der Waals surface area contributed by atoms with Crippen LogP contribution in [0.4, 0.5) is 5.69 Å². The number of nitrogens with zero attached hydrogens (tertiary/aromatic N) is 2. The lowest BCUT2D eigenvalue weighted by Crippen LogP contribution is -2.24. The summed E-state index contributed by atoms with van der Waals surface area (Å²) in [6.07, 6.45) is 1.46. The summed E-state index contributed by atoms with van der Waals surface area (Å²) in [6.45, 7) is -0.0363. The monoisotopic (exact) mass is 323 g/mol. The molecule has 2 aromatic rings. The first kappa shape index (κ1) is 15.9. The van der Waals surface area contributed by atoms with Crippen LogP contribution in [0.5, 0.6) is 5.88 Å². The first-order valence-corrected chi connectivity index (χ1v) is 7.64. The van der Waals surface area contributed by atoms with E-state index < -0.39 is 20.6 Å². The molecule has 1 heterocycles. The van der Waals surface area contributed by atoms with Crippen molar-refractivity contribution in [3.05, 3.63) is 58.3 Å². The number of ether oxygens (including phenoxy) is 1. The quantitative estimate of drug-likeness (QED) is 0.636. The maximum atomic E-state index is 12.2. The van der Waals surface area contributed by atoms with Crippen LogP contribution < -0.4 is 9.46 Å². The zero-order valence-corrected chi connectivity index (χ0v) is 12.4. The number of pyridine rings is 1. The van der Waals surface area contributed by atoms with Crippen molar-refractivity contribution >= 4 is 15.7 Å². The van der Waals surface area contributed by atoms with Crippen LogP contribution in [0.2, 0.25) is 0 Å². The van der Waals surface area contributed by atoms with Crippen LogP contribution in [0.1, 0.15) is 5.56 Å². The van der Waals surface area contributed by atoms with Gasteiger partial charge in [-0.3, -0.25) is 10.1 Å². The van der Waals surface area contributed by atoms with Crippen LogP contribution in [0.3, 0.4) is 0 Å². The Labute approximate surface area is 127 Å². The van der Waals surface area contributed by atoms with Gasteiger partial charge in [0.25, 0.3) is 5.69 Å². The largest absolute Gasteiger partial charge is 0.481 e. The number of hydrogen-bond donors (Lipinski definition) is 1. The molecular formula is C13H13N3O5S. The van der Waals surface area contributed by atoms with E-state index in [1.807, 2.05) is 0 Å². The molecule has 0 aliphatic rings. The van der Waals surface area contributed by atoms with Gasteiger partial charge in [-0.05, 0) is 11.6 Å². The summed E-state index contributed by atoms with van der Waals surface area (Å²) in [4.78, 5) is 13.7. The van der Waals surface area contributed by atoms with Crippen molar-refractivity contribution in [3.8, 4) is 5.88 Å². The van der Waals surface area contributed by atoms with Crippen molar-refractivity contribution in [2.75, 3.05) is 7.11 Å². The summed E-state index contributed by atoms with van der Waals surface area (Å²) in [5.74, 6) is 0.408. The molecule has 22 heavy (non-hydrogen) atoms. The molecule has 0 aliphatic heterocycles. The fourth-order valence-electron chi connectivity index (χ4n) is 1.73. The van der Waals surface area contributed by atoms with Gasteiger partial charge in [-0.15, -0.1) is 0 Å². The molecule has 0 fully saturated rings. The Hall–Kier alpha value is -2.52. The number of benzene rings is 1. The van der Waals surface area contributed by atoms with Crippen molar-refractivity contribution in [3.63, 3.8) is 0 Å². The lowest BCUT2D eigenvalue weighted by molar-refractivity contribution is -0.387. The summed E-state index contributed by atoms with van der Waals surface area (Å²) in [5.41, 5.74) is 0.130. The molecule has 2 rings (SSSR count). The number of nitro benzene ring substituents is 1. The van der Waals surface area contributed by atoms with Gasteiger partial charge in [-0.2, -0.15) is 0 Å². The van der Waals surface area contributed by atoms with Gasteiger partial charge in [-0.1, -0.05) is 18.2 Å². The van der Waals surface area contributed by atoms with Crippen molar-refractivity contribution in [2.24, 2.45) is 0 Å². The predicted molar refractivity (Wildman–Crippen MR) is 77.9 cm³/mol. The zero-order chi connectivity index (χ0) is 16.2. The highest BCUT2D eigenvalue weighted by Crippen LogP contribution is 2.22. The average molecular weight is 323 g/mol. The van der Waals surface area contributed by atoms with Crippen LogP contribution in [0.15, 0.2) is 47.5 Å². The van der Waals surface area contributed by atoms with Gasteiger partial charge in [0, 0.05) is 24.9 Å². The highest BCUT2D eigenvalue weighted by atomic mass is 32.2. The normalized spacial score (nSPS) is 11.1. The Kier molecular flexibility index (Phi) is 4.68. The zero-order valence-electron chi connectivity index (χ0n) is 11.6. The topological polar surface area (TPSA) is 111 Å². The maximum Gasteiger partial charge on any atom is 0.289 e. The van der Waals surface area contributed by atoms with E-state index in [9.17, 15) is 18.5 Å². The predicted octanol–water partition coefficient (Wildman–Crippen LogP) is 1.48. The van der Waals surface area contributed by atoms with E-state index in [0.717, 1.165) is 6.07 Å². The average Bonchev–Trinajstić information content (AvgIpc) is 2.53. The number of hydrogen-bond acceptors (Lipinski definition) is 6. The molecule has 1 aromatic heterocycles. The molecule has 0 bridgehead atoms. The number of nitro groups is 1. The van der Waals surface area contributed by atoms with Crippen LogP contribution in [0.25, 0.3) is 0 Å². The molecule has 0 spiro atoms. The van der Waals surface area contributed by atoms with Crippen molar-refractivity contribution in [2.45, 2.75) is 11.4 Å². The Morgan fingerprint density at radius 2 is 2.00 bits per heavy atom. The van der Waals surface area contributed by atoms with E-state index in [0.29, 0.717) is 11.4 Å². The second-order valence-corrected chi connectivity index (χ2v) is 5.99. The van der Waals surface area contributed by atoms with Gasteiger partial charge in [0.2, 0.25) is 15.9 Å². The standard InChI is InChI=1S/C13H13N3O5S/c1-21-13-7-6-10(8-14-13)9-15-22(19,20)12-5-3-2-4-11(12)16(17)18/h2-8,15H,9H2,1H3. The van der Waals surface area contributed by atoms with Crippen molar-refractivity contribution < 1.29 is 18.1 Å². The minimum absolute atomic E-state index is 0.0363. The van der Waals surface area contributed by atoms with Gasteiger partial charge < -0.3 is 4.74 Å². The summed E-state index contributed by atoms with van der Waals surface area (Å²) in [7, 11) is -2.53. The summed E-state index contributed by atoms with van der Waals surface area (Å²) >= 11 is 0. The molecule has 1 N–H and O–H groups in total. The first-order valence-electron chi connectivity index (χ1n) is 6.16. The van der Waals surface area contributed by atoms with Gasteiger partial charge in [0.05, 0.1) is 12.0 Å². The highest BCUT2D eigenvalue weighted by Gasteiger charge is 2.24. The molecule has 0 saturated carbocycles. The lowest BCUT2D eigenvalue weighted by Gasteiger charge is -2.07. The second-order valence-electron chi connectivity index (χ2n) is 4.26. The number of nitrogens with one attached hydrogen (secondary N) is 1. The highest BCUT2D eigenvalue weighted by molar-refractivity contribution is 7.89. The smallest absolute Gasteiger partial charge is 0.289 e. The molecule has 0 unspecified atom stereocenters. The van der Waals surface area contributed by atoms with E-state index in [1.165, 1.54) is 31.5 Å². The fourth-order valence-corrected chi connectivity index (χ4v) is 2.92. The summed E-state index contributed by atoms with van der Waals surface area (Å²) in [6, 6.07) is 8.40.